The lowest BCUT2D eigenvalue weighted by Gasteiger charge is -2.38. The second-order valence-electron chi connectivity index (χ2n) is 7.62. The van der Waals surface area contributed by atoms with Crippen molar-refractivity contribution in [1.29, 1.82) is 0 Å². The van der Waals surface area contributed by atoms with Crippen molar-refractivity contribution < 1.29 is 6.16 Å². The van der Waals surface area contributed by atoms with Gasteiger partial charge in [-0.05, 0) is 44.5 Å². The Bertz CT molecular complexity index is 928. The van der Waals surface area contributed by atoms with Gasteiger partial charge in [0, 0.05) is 45.8 Å². The van der Waals surface area contributed by atoms with Crippen molar-refractivity contribution in [1.82, 2.24) is 25.5 Å². The quantitative estimate of drug-likeness (QED) is 0.721. The molecule has 1 aliphatic rings. The van der Waals surface area contributed by atoms with Crippen LogP contribution in [0.3, 0.4) is 0 Å². The second-order valence-corrected chi connectivity index (χ2v) is 7.62. The zero-order valence-corrected chi connectivity index (χ0v) is 16.1. The summed E-state index contributed by atoms with van der Waals surface area (Å²) in [5.41, 5.74) is 2.36. The molecule has 0 bridgehead atoms. The summed E-state index contributed by atoms with van der Waals surface area (Å²) in [6, 6.07) is 10.4. The number of methoxy groups -OCH3 is 1. The molecule has 1 unspecified atom stereocenters. The minimum absolute atomic E-state index is 0. The molecule has 1 saturated heterocycles. The van der Waals surface area contributed by atoms with E-state index in [0.717, 1.165) is 48.6 Å². The minimum Gasteiger partial charge on any atom is -0.379 e. The van der Waals surface area contributed by atoms with E-state index in [4.69, 9.17) is 9.72 Å². The Morgan fingerprint density at radius 1 is 1.30 bits per heavy atom. The maximum atomic E-state index is 5.60. The van der Waals surface area contributed by atoms with Crippen LogP contribution in [0.2, 0.25) is 0 Å². The number of aromatic nitrogens is 4. The topological polar surface area (TPSA) is 79.0 Å². The summed E-state index contributed by atoms with van der Waals surface area (Å²) < 4.78 is 5.60. The molecule has 2 N–H and O–H groups in total. The molecule has 144 valence electrons. The summed E-state index contributed by atoms with van der Waals surface area (Å²) in [7, 11) is 1.77. The van der Waals surface area contributed by atoms with Crippen molar-refractivity contribution in [2.75, 3.05) is 31.6 Å². The molecule has 3 aromatic rings. The lowest BCUT2D eigenvalue weighted by atomic mass is 9.97. The molecule has 1 aliphatic heterocycles. The van der Waals surface area contributed by atoms with E-state index in [-0.39, 0.29) is 7.03 Å². The maximum Gasteiger partial charge on any atom is 0.181 e. The van der Waals surface area contributed by atoms with Crippen molar-refractivity contribution in [3.05, 3.63) is 36.5 Å². The zero-order chi connectivity index (χ0) is 18.9. The number of nitrogens with one attached hydrogen (secondary N) is 2. The SMILES string of the molecule is COC(C)(C)CC1CN(c2cccc(-c3[nH]nc4ncccc34)n2)CCN1.[HH]. The maximum absolute atomic E-state index is 5.60. The predicted octanol–water partition coefficient (Wildman–Crippen LogP) is 2.86. The van der Waals surface area contributed by atoms with E-state index in [1.807, 2.05) is 18.2 Å². The first-order valence-electron chi connectivity index (χ1n) is 9.36. The molecule has 0 spiro atoms. The summed E-state index contributed by atoms with van der Waals surface area (Å²) in [5, 5.41) is 12.0. The van der Waals surface area contributed by atoms with E-state index in [2.05, 4.69) is 51.4 Å². The summed E-state index contributed by atoms with van der Waals surface area (Å²) >= 11 is 0. The lowest BCUT2D eigenvalue weighted by molar-refractivity contribution is 0.00686. The standard InChI is InChI=1S/C20H26N6O.H2/c1-20(2,27-3)12-14-13-26(11-10-21-14)17-8-4-7-16(23-17)18-15-6-5-9-22-19(15)25-24-18;/h4-9,14,21H,10-13H2,1-3H3,(H,22,24,25);1H. The van der Waals surface area contributed by atoms with Gasteiger partial charge in [0.2, 0.25) is 0 Å². The van der Waals surface area contributed by atoms with Crippen LogP contribution in [0.5, 0.6) is 0 Å². The number of fused-ring (bicyclic) bond motifs is 1. The summed E-state index contributed by atoms with van der Waals surface area (Å²) in [5.74, 6) is 0.987. The van der Waals surface area contributed by atoms with Gasteiger partial charge in [-0.3, -0.25) is 5.10 Å². The fourth-order valence-corrected chi connectivity index (χ4v) is 3.63. The molecular weight excluding hydrogens is 340 g/mol. The van der Waals surface area contributed by atoms with Crippen LogP contribution in [0, 0.1) is 0 Å². The molecule has 1 atom stereocenters. The first-order chi connectivity index (χ1) is 13.1. The van der Waals surface area contributed by atoms with Gasteiger partial charge in [0.1, 0.15) is 5.82 Å². The van der Waals surface area contributed by atoms with Crippen molar-refractivity contribution >= 4 is 16.9 Å². The van der Waals surface area contributed by atoms with Crippen LogP contribution in [0.1, 0.15) is 21.7 Å². The smallest absolute Gasteiger partial charge is 0.181 e. The number of hydrogen-bond donors (Lipinski definition) is 2. The van der Waals surface area contributed by atoms with Crippen LogP contribution >= 0.6 is 0 Å². The van der Waals surface area contributed by atoms with Crippen molar-refractivity contribution in [3.8, 4) is 11.4 Å². The van der Waals surface area contributed by atoms with Gasteiger partial charge in [-0.25, -0.2) is 9.97 Å². The Balaban J connectivity index is 0.00000225. The van der Waals surface area contributed by atoms with E-state index in [0.29, 0.717) is 11.7 Å². The first kappa shape index (κ1) is 17.9. The van der Waals surface area contributed by atoms with E-state index in [1.54, 1.807) is 13.3 Å². The zero-order valence-electron chi connectivity index (χ0n) is 16.1. The molecule has 4 rings (SSSR count). The third-order valence-corrected chi connectivity index (χ3v) is 5.19. The number of H-pyrrole nitrogens is 1. The number of anilines is 1. The molecule has 0 aromatic carbocycles. The first-order valence-corrected chi connectivity index (χ1v) is 9.36. The fraction of sp³-hybridized carbons (Fsp3) is 0.450. The van der Waals surface area contributed by atoms with Gasteiger partial charge in [-0.15, -0.1) is 0 Å². The number of piperazine rings is 1. The Kier molecular flexibility index (Phi) is 4.80. The summed E-state index contributed by atoms with van der Waals surface area (Å²) in [6.07, 6.45) is 2.70. The lowest BCUT2D eigenvalue weighted by Crippen LogP contribution is -2.53. The van der Waals surface area contributed by atoms with Crippen molar-refractivity contribution in [3.63, 3.8) is 0 Å². The number of hydrogen-bond acceptors (Lipinski definition) is 6. The van der Waals surface area contributed by atoms with Gasteiger partial charge in [0.05, 0.1) is 17.0 Å². The second kappa shape index (κ2) is 7.25. The number of rotatable bonds is 5. The van der Waals surface area contributed by atoms with Gasteiger partial charge in [0.25, 0.3) is 0 Å². The third-order valence-electron chi connectivity index (χ3n) is 5.19. The predicted molar refractivity (Wildman–Crippen MR) is 109 cm³/mol. The number of aromatic amines is 1. The van der Waals surface area contributed by atoms with Crippen LogP contribution in [0.4, 0.5) is 5.82 Å². The Morgan fingerprint density at radius 3 is 3.04 bits per heavy atom. The van der Waals surface area contributed by atoms with Crippen LogP contribution in [0.25, 0.3) is 22.4 Å². The van der Waals surface area contributed by atoms with Crippen molar-refractivity contribution in [2.24, 2.45) is 0 Å². The minimum atomic E-state index is -0.141. The molecule has 0 amide bonds. The van der Waals surface area contributed by atoms with Gasteiger partial charge < -0.3 is 15.0 Å². The highest BCUT2D eigenvalue weighted by atomic mass is 16.5. The summed E-state index contributed by atoms with van der Waals surface area (Å²) in [6.45, 7) is 7.04. The number of pyridine rings is 2. The molecule has 27 heavy (non-hydrogen) atoms. The highest BCUT2D eigenvalue weighted by Gasteiger charge is 2.27. The molecule has 1 fully saturated rings. The highest BCUT2D eigenvalue weighted by Crippen LogP contribution is 2.26. The normalized spacial score (nSPS) is 18.2. The van der Waals surface area contributed by atoms with Crippen molar-refractivity contribution in [2.45, 2.75) is 31.9 Å². The highest BCUT2D eigenvalue weighted by molar-refractivity contribution is 5.89. The van der Waals surface area contributed by atoms with Gasteiger partial charge in [0.15, 0.2) is 5.65 Å². The molecule has 7 nitrogen and oxygen atoms in total. The molecule has 3 aromatic heterocycles. The average Bonchev–Trinajstić information content (AvgIpc) is 3.12. The molecule has 7 heteroatoms. The largest absolute Gasteiger partial charge is 0.379 e. The van der Waals surface area contributed by atoms with Gasteiger partial charge in [-0.2, -0.15) is 5.10 Å². The van der Waals surface area contributed by atoms with Crippen LogP contribution in [-0.2, 0) is 4.74 Å². The third kappa shape index (κ3) is 3.79. The van der Waals surface area contributed by atoms with E-state index >= 15 is 0 Å². The Labute approximate surface area is 160 Å². The van der Waals surface area contributed by atoms with Gasteiger partial charge in [-0.1, -0.05) is 6.07 Å². The number of nitrogens with zero attached hydrogens (tertiary/aromatic N) is 4. The van der Waals surface area contributed by atoms with E-state index in [1.165, 1.54) is 0 Å². The molecule has 0 radical (unpaired) electrons. The summed E-state index contributed by atoms with van der Waals surface area (Å²) in [4.78, 5) is 11.5. The molecule has 0 saturated carbocycles. The van der Waals surface area contributed by atoms with E-state index in [9.17, 15) is 0 Å². The molecular formula is C20H28N6O. The van der Waals surface area contributed by atoms with Gasteiger partial charge >= 0.3 is 0 Å². The van der Waals surface area contributed by atoms with Crippen LogP contribution in [0.15, 0.2) is 36.5 Å². The average molecular weight is 368 g/mol. The monoisotopic (exact) mass is 368 g/mol. The molecule has 0 aliphatic carbocycles. The Hall–Kier alpha value is -2.51. The van der Waals surface area contributed by atoms with E-state index < -0.39 is 0 Å². The fourth-order valence-electron chi connectivity index (χ4n) is 3.63. The number of ether oxygens (including phenoxy) is 1. The Morgan fingerprint density at radius 2 is 2.19 bits per heavy atom. The van der Waals surface area contributed by atoms with Crippen LogP contribution in [-0.4, -0.2) is 58.6 Å². The molecule has 4 heterocycles. The van der Waals surface area contributed by atoms with Crippen LogP contribution < -0.4 is 10.2 Å².